The van der Waals surface area contributed by atoms with Crippen molar-refractivity contribution in [3.8, 4) is 0 Å². The van der Waals surface area contributed by atoms with Crippen molar-refractivity contribution < 1.29 is 9.53 Å². The Bertz CT molecular complexity index is 251. The maximum Gasteiger partial charge on any atom is 0.323 e. The van der Waals surface area contributed by atoms with Crippen molar-refractivity contribution in [1.82, 2.24) is 5.32 Å². The van der Waals surface area contributed by atoms with Crippen LogP contribution in [0.5, 0.6) is 0 Å². The summed E-state index contributed by atoms with van der Waals surface area (Å²) in [6, 6.07) is -0.162. The minimum Gasteiger partial charge on any atom is -0.459 e. The van der Waals surface area contributed by atoms with Crippen molar-refractivity contribution in [1.29, 1.82) is 0 Å². The molecule has 1 fully saturated rings. The zero-order valence-electron chi connectivity index (χ0n) is 11.2. The minimum absolute atomic E-state index is 0.122. The molecule has 0 aromatic rings. The standard InChI is InChI=1S/C13H25NO2/c1-12(2,3)16-11(15)10(14-5)9-13(4)7-6-8-13/h10,14H,6-9H2,1-5H3/t10-/m0/s1. The summed E-state index contributed by atoms with van der Waals surface area (Å²) in [4.78, 5) is 11.9. The molecule has 3 heteroatoms. The molecule has 0 aromatic heterocycles. The number of rotatable bonds is 4. The highest BCUT2D eigenvalue weighted by Crippen LogP contribution is 2.44. The van der Waals surface area contributed by atoms with Crippen LogP contribution in [-0.2, 0) is 9.53 Å². The van der Waals surface area contributed by atoms with E-state index >= 15 is 0 Å². The first-order chi connectivity index (χ1) is 7.26. The second-order valence-electron chi connectivity index (χ2n) is 6.24. The van der Waals surface area contributed by atoms with Gasteiger partial charge in [0.05, 0.1) is 0 Å². The van der Waals surface area contributed by atoms with Crippen molar-refractivity contribution in [2.75, 3.05) is 7.05 Å². The molecule has 0 radical (unpaired) electrons. The summed E-state index contributed by atoms with van der Waals surface area (Å²) < 4.78 is 5.40. The summed E-state index contributed by atoms with van der Waals surface area (Å²) in [6.45, 7) is 7.97. The van der Waals surface area contributed by atoms with Crippen LogP contribution in [0.1, 0.15) is 53.4 Å². The van der Waals surface area contributed by atoms with E-state index in [1.807, 2.05) is 27.8 Å². The summed E-state index contributed by atoms with van der Waals surface area (Å²) in [6.07, 6.45) is 4.64. The Morgan fingerprint density at radius 2 is 2.00 bits per heavy atom. The van der Waals surface area contributed by atoms with Gasteiger partial charge in [-0.3, -0.25) is 4.79 Å². The second kappa shape index (κ2) is 4.74. The van der Waals surface area contributed by atoms with Gasteiger partial charge in [0.1, 0.15) is 11.6 Å². The van der Waals surface area contributed by atoms with E-state index in [9.17, 15) is 4.79 Å². The lowest BCUT2D eigenvalue weighted by molar-refractivity contribution is -0.158. The fraction of sp³-hybridized carbons (Fsp3) is 0.923. The highest BCUT2D eigenvalue weighted by molar-refractivity contribution is 5.76. The number of nitrogens with one attached hydrogen (secondary N) is 1. The second-order valence-corrected chi connectivity index (χ2v) is 6.24. The van der Waals surface area contributed by atoms with Crippen LogP contribution in [0.15, 0.2) is 0 Å². The largest absolute Gasteiger partial charge is 0.459 e. The number of likely N-dealkylation sites (N-methyl/N-ethyl adjacent to an activating group) is 1. The SMILES string of the molecule is CN[C@@H](CC1(C)CCC1)C(=O)OC(C)(C)C. The minimum atomic E-state index is -0.396. The Balaban J connectivity index is 2.50. The molecule has 0 aromatic carbocycles. The van der Waals surface area contributed by atoms with E-state index in [0.29, 0.717) is 5.41 Å². The van der Waals surface area contributed by atoms with Gasteiger partial charge in [-0.05, 0) is 52.5 Å². The molecule has 1 atom stereocenters. The molecular weight excluding hydrogens is 202 g/mol. The molecule has 0 bridgehead atoms. The first-order valence-corrected chi connectivity index (χ1v) is 6.16. The molecule has 1 saturated carbocycles. The topological polar surface area (TPSA) is 38.3 Å². The van der Waals surface area contributed by atoms with Gasteiger partial charge in [0.2, 0.25) is 0 Å². The summed E-state index contributed by atoms with van der Waals surface area (Å²) in [5, 5.41) is 3.07. The fourth-order valence-corrected chi connectivity index (χ4v) is 2.15. The third-order valence-electron chi connectivity index (χ3n) is 3.30. The van der Waals surface area contributed by atoms with Gasteiger partial charge in [0.25, 0.3) is 0 Å². The van der Waals surface area contributed by atoms with Gasteiger partial charge in [-0.2, -0.15) is 0 Å². The van der Waals surface area contributed by atoms with Crippen LogP contribution in [0.2, 0.25) is 0 Å². The van der Waals surface area contributed by atoms with E-state index in [4.69, 9.17) is 4.74 Å². The first kappa shape index (κ1) is 13.5. The van der Waals surface area contributed by atoms with Gasteiger partial charge in [-0.1, -0.05) is 13.3 Å². The average molecular weight is 227 g/mol. The highest BCUT2D eigenvalue weighted by atomic mass is 16.6. The number of carbonyl (C=O) groups is 1. The predicted molar refractivity (Wildman–Crippen MR) is 65.3 cm³/mol. The maximum absolute atomic E-state index is 11.9. The maximum atomic E-state index is 11.9. The van der Waals surface area contributed by atoms with Crippen molar-refractivity contribution in [2.45, 2.75) is 65.0 Å². The molecule has 94 valence electrons. The van der Waals surface area contributed by atoms with Crippen LogP contribution >= 0.6 is 0 Å². The van der Waals surface area contributed by atoms with E-state index in [1.165, 1.54) is 19.3 Å². The Morgan fingerprint density at radius 1 is 1.44 bits per heavy atom. The van der Waals surface area contributed by atoms with Gasteiger partial charge in [0.15, 0.2) is 0 Å². The molecular formula is C13H25NO2. The van der Waals surface area contributed by atoms with Crippen LogP contribution in [0.4, 0.5) is 0 Å². The molecule has 1 rings (SSSR count). The van der Waals surface area contributed by atoms with E-state index in [-0.39, 0.29) is 12.0 Å². The van der Waals surface area contributed by atoms with Gasteiger partial charge in [-0.15, -0.1) is 0 Å². The molecule has 3 nitrogen and oxygen atoms in total. The molecule has 16 heavy (non-hydrogen) atoms. The predicted octanol–water partition coefficient (Wildman–Crippen LogP) is 2.50. The zero-order valence-corrected chi connectivity index (χ0v) is 11.2. The third kappa shape index (κ3) is 3.78. The molecule has 0 saturated heterocycles. The Hall–Kier alpha value is -0.570. The first-order valence-electron chi connectivity index (χ1n) is 6.16. The third-order valence-corrected chi connectivity index (χ3v) is 3.30. The summed E-state index contributed by atoms with van der Waals surface area (Å²) in [5.41, 5.74) is -0.0583. The zero-order chi connectivity index (χ0) is 12.4. The van der Waals surface area contributed by atoms with Gasteiger partial charge in [-0.25, -0.2) is 0 Å². The Morgan fingerprint density at radius 3 is 2.31 bits per heavy atom. The van der Waals surface area contributed by atoms with E-state index < -0.39 is 5.60 Å². The summed E-state index contributed by atoms with van der Waals surface area (Å²) in [5.74, 6) is -0.122. The highest BCUT2D eigenvalue weighted by Gasteiger charge is 2.37. The van der Waals surface area contributed by atoms with E-state index in [2.05, 4.69) is 12.2 Å². The number of carbonyl (C=O) groups excluding carboxylic acids is 1. The van der Waals surface area contributed by atoms with Crippen LogP contribution in [0.3, 0.4) is 0 Å². The molecule has 0 unspecified atom stereocenters. The Labute approximate surface area is 98.9 Å². The van der Waals surface area contributed by atoms with Crippen molar-refractivity contribution in [2.24, 2.45) is 5.41 Å². The summed E-state index contributed by atoms with van der Waals surface area (Å²) >= 11 is 0. The van der Waals surface area contributed by atoms with Gasteiger partial charge in [0, 0.05) is 0 Å². The van der Waals surface area contributed by atoms with Crippen molar-refractivity contribution in [3.05, 3.63) is 0 Å². The fourth-order valence-electron chi connectivity index (χ4n) is 2.15. The number of hydrogen-bond acceptors (Lipinski definition) is 3. The molecule has 1 N–H and O–H groups in total. The lowest BCUT2D eigenvalue weighted by Crippen LogP contribution is -2.44. The smallest absolute Gasteiger partial charge is 0.323 e. The Kier molecular flexibility index (Phi) is 4.00. The van der Waals surface area contributed by atoms with E-state index in [0.717, 1.165) is 6.42 Å². The monoisotopic (exact) mass is 227 g/mol. The molecule has 0 spiro atoms. The normalized spacial score (nSPS) is 21.1. The van der Waals surface area contributed by atoms with Crippen LogP contribution in [0.25, 0.3) is 0 Å². The van der Waals surface area contributed by atoms with E-state index in [1.54, 1.807) is 0 Å². The van der Waals surface area contributed by atoms with Crippen LogP contribution < -0.4 is 5.32 Å². The molecule has 1 aliphatic carbocycles. The van der Waals surface area contributed by atoms with Crippen LogP contribution in [-0.4, -0.2) is 24.7 Å². The van der Waals surface area contributed by atoms with Crippen molar-refractivity contribution in [3.63, 3.8) is 0 Å². The lowest BCUT2D eigenvalue weighted by atomic mass is 9.67. The van der Waals surface area contributed by atoms with Gasteiger partial charge < -0.3 is 10.1 Å². The lowest BCUT2D eigenvalue weighted by Gasteiger charge is -2.40. The number of ether oxygens (including phenoxy) is 1. The molecule has 1 aliphatic rings. The number of hydrogen-bond donors (Lipinski definition) is 1. The molecule has 0 amide bonds. The van der Waals surface area contributed by atoms with Crippen LogP contribution in [0, 0.1) is 5.41 Å². The summed E-state index contributed by atoms with van der Waals surface area (Å²) in [7, 11) is 1.83. The molecule has 0 heterocycles. The molecule has 0 aliphatic heterocycles. The number of esters is 1. The van der Waals surface area contributed by atoms with Crippen molar-refractivity contribution >= 4 is 5.97 Å². The quantitative estimate of drug-likeness (QED) is 0.750. The average Bonchev–Trinajstić information content (AvgIpc) is 2.08. The van der Waals surface area contributed by atoms with Gasteiger partial charge >= 0.3 is 5.97 Å².